The van der Waals surface area contributed by atoms with E-state index in [1.165, 1.54) is 51.4 Å². The van der Waals surface area contributed by atoms with Crippen molar-refractivity contribution in [3.63, 3.8) is 0 Å². The smallest absolute Gasteiger partial charge is 0.356 e. The van der Waals surface area contributed by atoms with Gasteiger partial charge in [0.05, 0.1) is 6.61 Å². The summed E-state index contributed by atoms with van der Waals surface area (Å²) >= 11 is 0. The second-order valence-electron chi connectivity index (χ2n) is 7.79. The largest absolute Gasteiger partial charge is 0.461 e. The van der Waals surface area contributed by atoms with Gasteiger partial charge < -0.3 is 9.94 Å². The third-order valence-electron chi connectivity index (χ3n) is 5.09. The van der Waals surface area contributed by atoms with E-state index in [9.17, 15) is 14.9 Å². The highest BCUT2D eigenvalue weighted by Gasteiger charge is 2.13. The van der Waals surface area contributed by atoms with Gasteiger partial charge in [0.1, 0.15) is 0 Å². The fourth-order valence-corrected chi connectivity index (χ4v) is 3.27. The fourth-order valence-electron chi connectivity index (χ4n) is 3.27. The van der Waals surface area contributed by atoms with E-state index >= 15 is 0 Å². The molecule has 0 aromatic carbocycles. The molecular weight excluding hydrogens is 372 g/mol. The van der Waals surface area contributed by atoms with Crippen molar-refractivity contribution in [3.05, 3.63) is 10.1 Å². The Balaban J connectivity index is 3.53. The van der Waals surface area contributed by atoms with Crippen LogP contribution in [0.2, 0.25) is 0 Å². The number of carbonyl (C=O) groups is 1. The van der Waals surface area contributed by atoms with Crippen molar-refractivity contribution < 1.29 is 19.7 Å². The van der Waals surface area contributed by atoms with E-state index in [0.29, 0.717) is 19.4 Å². The van der Waals surface area contributed by atoms with Gasteiger partial charge >= 0.3 is 5.97 Å². The lowest BCUT2D eigenvalue weighted by atomic mass is 10.1. The van der Waals surface area contributed by atoms with E-state index in [1.54, 1.807) is 0 Å². The first-order chi connectivity index (χ1) is 14.1. The molecule has 0 aliphatic carbocycles. The van der Waals surface area contributed by atoms with Crippen molar-refractivity contribution in [1.29, 1.82) is 0 Å². The zero-order chi connectivity index (χ0) is 21.6. The number of rotatable bonds is 21. The maximum Gasteiger partial charge on any atom is 0.356 e. The molecule has 1 N–H and O–H groups in total. The van der Waals surface area contributed by atoms with Crippen LogP contribution in [0, 0.1) is 10.1 Å². The van der Waals surface area contributed by atoms with Crippen LogP contribution in [0.5, 0.6) is 0 Å². The monoisotopic (exact) mass is 414 g/mol. The fraction of sp³-hybridized carbons (Fsp3) is 0.909. The van der Waals surface area contributed by atoms with Gasteiger partial charge in [-0.15, -0.1) is 0 Å². The minimum atomic E-state index is -0.519. The number of esters is 1. The van der Waals surface area contributed by atoms with E-state index in [-0.39, 0.29) is 17.2 Å². The van der Waals surface area contributed by atoms with Gasteiger partial charge in [-0.3, -0.25) is 10.1 Å². The summed E-state index contributed by atoms with van der Waals surface area (Å²) in [4.78, 5) is 21.9. The van der Waals surface area contributed by atoms with Gasteiger partial charge in [0, 0.05) is 17.8 Å². The Labute approximate surface area is 176 Å². The summed E-state index contributed by atoms with van der Waals surface area (Å²) in [5, 5.41) is 22.3. The van der Waals surface area contributed by atoms with Gasteiger partial charge in [0.25, 0.3) is 0 Å². The maximum absolute atomic E-state index is 11.9. The SMILES string of the molecule is CCCCCCCCCCCCOC(=O)/C(CCCCCCCC[N+](=O)[O-])=N\O. The number of ether oxygens (including phenoxy) is 1. The van der Waals surface area contributed by atoms with Crippen LogP contribution in [0.1, 0.15) is 116 Å². The van der Waals surface area contributed by atoms with Crippen LogP contribution in [0.4, 0.5) is 0 Å². The molecular formula is C22H42N2O5. The average Bonchev–Trinajstić information content (AvgIpc) is 2.70. The van der Waals surface area contributed by atoms with Crippen LogP contribution >= 0.6 is 0 Å². The molecule has 0 aromatic rings. The molecule has 0 aliphatic heterocycles. The summed E-state index contributed by atoms with van der Waals surface area (Å²) in [7, 11) is 0. The third kappa shape index (κ3) is 19.4. The quantitative estimate of drug-likeness (QED) is 0.0594. The van der Waals surface area contributed by atoms with Crippen LogP contribution in [0.25, 0.3) is 0 Å². The summed E-state index contributed by atoms with van der Waals surface area (Å²) in [6.07, 6.45) is 17.7. The van der Waals surface area contributed by atoms with Crippen molar-refractivity contribution in [2.45, 2.75) is 116 Å². The average molecular weight is 415 g/mol. The standard InChI is InChI=1S/C22H42N2O5/c1-2-3-4-5-6-7-8-11-14-17-20-29-22(25)21(23-26)18-15-12-9-10-13-16-19-24(27)28/h26H,2-20H2,1H3/b23-21-. The van der Waals surface area contributed by atoms with Crippen molar-refractivity contribution in [2.75, 3.05) is 13.2 Å². The Hall–Kier alpha value is -1.66. The van der Waals surface area contributed by atoms with Gasteiger partial charge in [0.15, 0.2) is 5.71 Å². The zero-order valence-electron chi connectivity index (χ0n) is 18.4. The van der Waals surface area contributed by atoms with E-state index in [0.717, 1.165) is 44.9 Å². The predicted molar refractivity (Wildman–Crippen MR) is 116 cm³/mol. The maximum atomic E-state index is 11.9. The molecule has 0 amide bonds. The molecule has 0 aliphatic rings. The highest BCUT2D eigenvalue weighted by molar-refractivity contribution is 6.36. The Morgan fingerprint density at radius 3 is 1.83 bits per heavy atom. The third-order valence-corrected chi connectivity index (χ3v) is 5.09. The predicted octanol–water partition coefficient (Wildman–Crippen LogP) is 6.29. The normalized spacial score (nSPS) is 11.6. The highest BCUT2D eigenvalue weighted by atomic mass is 16.6. The van der Waals surface area contributed by atoms with Crippen LogP contribution in [-0.2, 0) is 9.53 Å². The molecule has 7 nitrogen and oxygen atoms in total. The second-order valence-corrected chi connectivity index (χ2v) is 7.79. The molecule has 0 spiro atoms. The van der Waals surface area contributed by atoms with Crippen molar-refractivity contribution in [3.8, 4) is 0 Å². The zero-order valence-corrected chi connectivity index (χ0v) is 18.4. The number of carbonyl (C=O) groups excluding carboxylic acids is 1. The molecule has 0 saturated carbocycles. The van der Waals surface area contributed by atoms with Gasteiger partial charge in [-0.05, 0) is 19.3 Å². The Kier molecular flexibility index (Phi) is 19.9. The van der Waals surface area contributed by atoms with Crippen molar-refractivity contribution in [1.82, 2.24) is 0 Å². The van der Waals surface area contributed by atoms with Crippen LogP contribution in [0.3, 0.4) is 0 Å². The van der Waals surface area contributed by atoms with Gasteiger partial charge in [-0.1, -0.05) is 89.1 Å². The number of hydrogen-bond acceptors (Lipinski definition) is 6. The summed E-state index contributed by atoms with van der Waals surface area (Å²) in [5.41, 5.74) is 0.0884. The molecule has 0 unspecified atom stereocenters. The highest BCUT2D eigenvalue weighted by Crippen LogP contribution is 2.11. The van der Waals surface area contributed by atoms with E-state index in [2.05, 4.69) is 12.1 Å². The summed E-state index contributed by atoms with van der Waals surface area (Å²) in [5.74, 6) is -0.519. The molecule has 0 bridgehead atoms. The van der Waals surface area contributed by atoms with Crippen LogP contribution < -0.4 is 0 Å². The molecule has 0 fully saturated rings. The van der Waals surface area contributed by atoms with Gasteiger partial charge in [-0.25, -0.2) is 4.79 Å². The van der Waals surface area contributed by atoms with Crippen molar-refractivity contribution in [2.24, 2.45) is 5.16 Å². The lowest BCUT2D eigenvalue weighted by molar-refractivity contribution is -0.480. The van der Waals surface area contributed by atoms with E-state index in [4.69, 9.17) is 9.94 Å². The molecule has 0 atom stereocenters. The second kappa shape index (κ2) is 21.1. The van der Waals surface area contributed by atoms with E-state index < -0.39 is 5.97 Å². The summed E-state index contributed by atoms with van der Waals surface area (Å²) < 4.78 is 5.21. The first-order valence-electron chi connectivity index (χ1n) is 11.6. The molecule has 0 rings (SSSR count). The molecule has 0 radical (unpaired) electrons. The molecule has 170 valence electrons. The van der Waals surface area contributed by atoms with Crippen LogP contribution in [-0.4, -0.2) is 35.0 Å². The van der Waals surface area contributed by atoms with Gasteiger partial charge in [0.2, 0.25) is 6.54 Å². The molecule has 0 heterocycles. The number of hydrogen-bond donors (Lipinski definition) is 1. The Morgan fingerprint density at radius 2 is 1.31 bits per heavy atom. The number of nitro groups is 1. The Bertz CT molecular complexity index is 441. The van der Waals surface area contributed by atoms with Gasteiger partial charge in [-0.2, -0.15) is 0 Å². The lowest BCUT2D eigenvalue weighted by Crippen LogP contribution is -2.18. The molecule has 7 heteroatoms. The van der Waals surface area contributed by atoms with Crippen LogP contribution in [0.15, 0.2) is 5.16 Å². The molecule has 0 saturated heterocycles. The summed E-state index contributed by atoms with van der Waals surface area (Å²) in [6.45, 7) is 2.65. The van der Waals surface area contributed by atoms with Crippen molar-refractivity contribution >= 4 is 11.7 Å². The molecule has 29 heavy (non-hydrogen) atoms. The number of nitrogens with zero attached hydrogens (tertiary/aromatic N) is 2. The van der Waals surface area contributed by atoms with E-state index in [1.807, 2.05) is 0 Å². The first-order valence-corrected chi connectivity index (χ1v) is 11.6. The minimum absolute atomic E-state index is 0.0339. The minimum Gasteiger partial charge on any atom is -0.461 e. The lowest BCUT2D eigenvalue weighted by Gasteiger charge is -2.06. The number of oxime groups is 1. The summed E-state index contributed by atoms with van der Waals surface area (Å²) in [6, 6.07) is 0. The molecule has 0 aromatic heterocycles. The number of unbranched alkanes of at least 4 members (excludes halogenated alkanes) is 14. The first kappa shape index (κ1) is 27.3. The Morgan fingerprint density at radius 1 is 0.828 bits per heavy atom. The topological polar surface area (TPSA) is 102 Å².